The number of nitrogens with one attached hydrogen (secondary N) is 1. The molecule has 3 rings (SSSR count). The fourth-order valence-corrected chi connectivity index (χ4v) is 2.64. The highest BCUT2D eigenvalue weighted by atomic mass is 16.2. The summed E-state index contributed by atoms with van der Waals surface area (Å²) in [5.74, 6) is 0.197. The molecule has 4 nitrogen and oxygen atoms in total. The molecule has 0 aliphatic carbocycles. The number of carbonyl (C=O) groups excluding carboxylic acids is 1. The molecular formula is C16H19N3O. The number of fused-ring (bicyclic) bond motifs is 1. The molecule has 1 fully saturated rings. The van der Waals surface area contributed by atoms with Gasteiger partial charge in [-0.25, -0.2) is 0 Å². The Balaban J connectivity index is 1.72. The Morgan fingerprint density at radius 3 is 2.95 bits per heavy atom. The minimum absolute atomic E-state index is 0.0353. The Kier molecular flexibility index (Phi) is 3.40. The first-order valence-corrected chi connectivity index (χ1v) is 6.98. The highest BCUT2D eigenvalue weighted by molar-refractivity contribution is 5.83. The molecule has 0 spiro atoms. The van der Waals surface area contributed by atoms with E-state index >= 15 is 0 Å². The summed E-state index contributed by atoms with van der Waals surface area (Å²) >= 11 is 0. The maximum atomic E-state index is 11.8. The van der Waals surface area contributed by atoms with Gasteiger partial charge in [0.05, 0.1) is 11.6 Å². The Bertz CT molecular complexity index is 653. The molecule has 4 heteroatoms. The van der Waals surface area contributed by atoms with Crippen molar-refractivity contribution >= 4 is 16.8 Å². The lowest BCUT2D eigenvalue weighted by molar-refractivity contribution is -0.128. The molecule has 1 amide bonds. The summed E-state index contributed by atoms with van der Waals surface area (Å²) in [7, 11) is 1.86. The van der Waals surface area contributed by atoms with Crippen LogP contribution in [0, 0.1) is 6.92 Å². The number of hydrogen-bond donors (Lipinski definition) is 1. The SMILES string of the molecule is Cc1ccc2cc(CNC3CCN(C)C3=O)ccc2n1. The van der Waals surface area contributed by atoms with Crippen molar-refractivity contribution in [2.75, 3.05) is 13.6 Å². The zero-order chi connectivity index (χ0) is 14.1. The molecule has 2 heterocycles. The molecule has 1 unspecified atom stereocenters. The number of aryl methyl sites for hydroxylation is 1. The van der Waals surface area contributed by atoms with Crippen LogP contribution in [0.25, 0.3) is 10.9 Å². The third-order valence-electron chi connectivity index (χ3n) is 3.87. The number of likely N-dealkylation sites (tertiary alicyclic amines) is 1. The summed E-state index contributed by atoms with van der Waals surface area (Å²) < 4.78 is 0. The summed E-state index contributed by atoms with van der Waals surface area (Å²) in [6.07, 6.45) is 0.893. The van der Waals surface area contributed by atoms with Crippen molar-refractivity contribution in [2.45, 2.75) is 25.9 Å². The number of nitrogens with zero attached hydrogens (tertiary/aromatic N) is 2. The molecule has 1 atom stereocenters. The van der Waals surface area contributed by atoms with E-state index in [9.17, 15) is 4.79 Å². The van der Waals surface area contributed by atoms with Crippen molar-refractivity contribution in [2.24, 2.45) is 0 Å². The van der Waals surface area contributed by atoms with Crippen molar-refractivity contribution < 1.29 is 4.79 Å². The first kappa shape index (κ1) is 13.1. The Hall–Kier alpha value is -1.94. The van der Waals surface area contributed by atoms with Crippen LogP contribution < -0.4 is 5.32 Å². The van der Waals surface area contributed by atoms with Crippen LogP contribution in [0.15, 0.2) is 30.3 Å². The molecule has 0 saturated carbocycles. The number of carbonyl (C=O) groups is 1. The maximum Gasteiger partial charge on any atom is 0.239 e. The van der Waals surface area contributed by atoms with E-state index in [-0.39, 0.29) is 11.9 Å². The predicted octanol–water partition coefficient (Wildman–Crippen LogP) is 1.86. The van der Waals surface area contributed by atoms with E-state index in [0.717, 1.165) is 29.6 Å². The van der Waals surface area contributed by atoms with Gasteiger partial charge in [-0.05, 0) is 37.1 Å². The van der Waals surface area contributed by atoms with Crippen LogP contribution in [0.3, 0.4) is 0 Å². The molecule has 1 saturated heterocycles. The fraction of sp³-hybridized carbons (Fsp3) is 0.375. The molecule has 2 aromatic rings. The summed E-state index contributed by atoms with van der Waals surface area (Å²) in [6, 6.07) is 10.3. The monoisotopic (exact) mass is 269 g/mol. The second-order valence-electron chi connectivity index (χ2n) is 5.46. The van der Waals surface area contributed by atoms with Gasteiger partial charge in [-0.1, -0.05) is 12.1 Å². The molecule has 1 aromatic carbocycles. The fourth-order valence-electron chi connectivity index (χ4n) is 2.64. The summed E-state index contributed by atoms with van der Waals surface area (Å²) in [5.41, 5.74) is 3.24. The van der Waals surface area contributed by atoms with Gasteiger partial charge in [-0.15, -0.1) is 0 Å². The second-order valence-corrected chi connectivity index (χ2v) is 5.46. The van der Waals surface area contributed by atoms with Crippen molar-refractivity contribution in [3.63, 3.8) is 0 Å². The number of amides is 1. The van der Waals surface area contributed by atoms with Crippen LogP contribution >= 0.6 is 0 Å². The van der Waals surface area contributed by atoms with E-state index in [1.54, 1.807) is 4.90 Å². The van der Waals surface area contributed by atoms with E-state index < -0.39 is 0 Å². The molecule has 1 N–H and O–H groups in total. The van der Waals surface area contributed by atoms with Gasteiger partial charge in [0, 0.05) is 31.2 Å². The van der Waals surface area contributed by atoms with Gasteiger partial charge in [-0.2, -0.15) is 0 Å². The molecule has 1 aliphatic rings. The van der Waals surface area contributed by atoms with Crippen molar-refractivity contribution in [1.29, 1.82) is 0 Å². The number of hydrogen-bond acceptors (Lipinski definition) is 3. The van der Waals surface area contributed by atoms with Crippen LogP contribution in [-0.4, -0.2) is 35.4 Å². The lowest BCUT2D eigenvalue weighted by Gasteiger charge is -2.12. The lowest BCUT2D eigenvalue weighted by atomic mass is 10.1. The number of pyridine rings is 1. The molecule has 20 heavy (non-hydrogen) atoms. The highest BCUT2D eigenvalue weighted by Crippen LogP contribution is 2.15. The highest BCUT2D eigenvalue weighted by Gasteiger charge is 2.28. The normalized spacial score (nSPS) is 19.0. The topological polar surface area (TPSA) is 45.2 Å². The number of aromatic nitrogens is 1. The first-order chi connectivity index (χ1) is 9.63. The Morgan fingerprint density at radius 2 is 2.20 bits per heavy atom. The largest absolute Gasteiger partial charge is 0.344 e. The summed E-state index contributed by atoms with van der Waals surface area (Å²) in [5, 5.41) is 4.49. The van der Waals surface area contributed by atoms with Gasteiger partial charge in [0.15, 0.2) is 0 Å². The van der Waals surface area contributed by atoms with Crippen molar-refractivity contribution in [3.8, 4) is 0 Å². The number of rotatable bonds is 3. The van der Waals surface area contributed by atoms with Gasteiger partial charge < -0.3 is 10.2 Å². The quantitative estimate of drug-likeness (QED) is 0.925. The molecule has 1 aromatic heterocycles. The van der Waals surface area contributed by atoms with Crippen LogP contribution in [0.4, 0.5) is 0 Å². The molecule has 0 radical (unpaired) electrons. The van der Waals surface area contributed by atoms with Crippen LogP contribution in [0.5, 0.6) is 0 Å². The number of benzene rings is 1. The van der Waals surface area contributed by atoms with Gasteiger partial charge >= 0.3 is 0 Å². The lowest BCUT2D eigenvalue weighted by Crippen LogP contribution is -2.36. The van der Waals surface area contributed by atoms with E-state index in [1.807, 2.05) is 26.1 Å². The van der Waals surface area contributed by atoms with Crippen molar-refractivity contribution in [3.05, 3.63) is 41.6 Å². The van der Waals surface area contributed by atoms with Crippen molar-refractivity contribution in [1.82, 2.24) is 15.2 Å². The maximum absolute atomic E-state index is 11.8. The Labute approximate surface area is 118 Å². The second kappa shape index (κ2) is 5.21. The Morgan fingerprint density at radius 1 is 1.35 bits per heavy atom. The van der Waals surface area contributed by atoms with Gasteiger partial charge in [0.2, 0.25) is 5.91 Å². The first-order valence-electron chi connectivity index (χ1n) is 6.98. The van der Waals surface area contributed by atoms with Gasteiger partial charge in [0.1, 0.15) is 0 Å². The molecule has 1 aliphatic heterocycles. The van der Waals surface area contributed by atoms with Crippen LogP contribution in [0.1, 0.15) is 17.7 Å². The molecule has 104 valence electrons. The average molecular weight is 269 g/mol. The minimum Gasteiger partial charge on any atom is -0.344 e. The zero-order valence-electron chi connectivity index (χ0n) is 11.9. The van der Waals surface area contributed by atoms with E-state index in [0.29, 0.717) is 6.54 Å². The average Bonchev–Trinajstić information content (AvgIpc) is 2.76. The smallest absolute Gasteiger partial charge is 0.239 e. The molecular weight excluding hydrogens is 250 g/mol. The van der Waals surface area contributed by atoms with Crippen LogP contribution in [0.2, 0.25) is 0 Å². The predicted molar refractivity (Wildman–Crippen MR) is 79.4 cm³/mol. The molecule has 0 bridgehead atoms. The third kappa shape index (κ3) is 2.51. The standard InChI is InChI=1S/C16H19N3O/c1-11-3-5-13-9-12(4-6-14(13)18-11)10-17-15-7-8-19(2)16(15)20/h3-6,9,15,17H,7-8,10H2,1-2H3. The van der Waals surface area contributed by atoms with E-state index in [4.69, 9.17) is 0 Å². The van der Waals surface area contributed by atoms with Gasteiger partial charge in [0.25, 0.3) is 0 Å². The third-order valence-corrected chi connectivity index (χ3v) is 3.87. The van der Waals surface area contributed by atoms with E-state index in [2.05, 4.69) is 28.5 Å². The van der Waals surface area contributed by atoms with Gasteiger partial charge in [-0.3, -0.25) is 9.78 Å². The van der Waals surface area contributed by atoms with Crippen LogP contribution in [-0.2, 0) is 11.3 Å². The van der Waals surface area contributed by atoms with E-state index in [1.165, 1.54) is 5.56 Å². The summed E-state index contributed by atoms with van der Waals surface area (Å²) in [6.45, 7) is 3.56. The summed E-state index contributed by atoms with van der Waals surface area (Å²) in [4.78, 5) is 18.1. The zero-order valence-corrected chi connectivity index (χ0v) is 11.9. The minimum atomic E-state index is -0.0353. The number of likely N-dealkylation sites (N-methyl/N-ethyl adjacent to an activating group) is 1.